The van der Waals surface area contributed by atoms with Gasteiger partial charge in [0.05, 0.1) is 45.3 Å². The molecule has 10 nitrogen and oxygen atoms in total. The van der Waals surface area contributed by atoms with Crippen LogP contribution in [-0.2, 0) is 53.0 Å². The lowest BCUT2D eigenvalue weighted by Gasteiger charge is -2.45. The number of amides is 1. The van der Waals surface area contributed by atoms with Crippen molar-refractivity contribution in [1.82, 2.24) is 5.32 Å². The van der Waals surface area contributed by atoms with Crippen molar-refractivity contribution in [2.24, 2.45) is 23.7 Å². The number of fused-ring (bicyclic) bond motifs is 1. The number of aliphatic carboxylic acids is 1. The van der Waals surface area contributed by atoms with Gasteiger partial charge in [0.2, 0.25) is 5.91 Å². The number of esters is 3. The predicted octanol–water partition coefficient (Wildman–Crippen LogP) is 7.47. The predicted molar refractivity (Wildman–Crippen MR) is 205 cm³/mol. The van der Waals surface area contributed by atoms with Gasteiger partial charge >= 0.3 is 23.9 Å². The van der Waals surface area contributed by atoms with E-state index in [1.165, 1.54) is 0 Å². The molecule has 6 rings (SSSR count). The third-order valence-corrected chi connectivity index (χ3v) is 10.5. The molecule has 0 unspecified atom stereocenters. The van der Waals surface area contributed by atoms with Crippen LogP contribution in [0.2, 0.25) is 10.0 Å². The second-order valence-corrected chi connectivity index (χ2v) is 14.2. The molecule has 1 amide bonds. The Kier molecular flexibility index (Phi) is 12.5. The summed E-state index contributed by atoms with van der Waals surface area (Å²) in [5.41, 5.74) is 2.22. The van der Waals surface area contributed by atoms with Crippen molar-refractivity contribution in [3.05, 3.63) is 154 Å². The second-order valence-electron chi connectivity index (χ2n) is 13.4. The molecule has 0 aromatic heterocycles. The fourth-order valence-corrected chi connectivity index (χ4v) is 7.09. The van der Waals surface area contributed by atoms with E-state index >= 15 is 0 Å². The van der Waals surface area contributed by atoms with Gasteiger partial charge < -0.3 is 24.6 Å². The Morgan fingerprint density at radius 1 is 0.636 bits per heavy atom. The van der Waals surface area contributed by atoms with Gasteiger partial charge in [-0.05, 0) is 58.7 Å². The first kappa shape index (κ1) is 39.0. The number of carboxylic acid groups (broad SMARTS) is 1. The van der Waals surface area contributed by atoms with E-state index in [2.05, 4.69) is 5.32 Å². The van der Waals surface area contributed by atoms with Gasteiger partial charge in [-0.2, -0.15) is 0 Å². The zero-order valence-electron chi connectivity index (χ0n) is 29.6. The maximum atomic E-state index is 14.1. The average molecular weight is 783 g/mol. The minimum atomic E-state index is -1.61. The number of halogens is 2. The zero-order chi connectivity index (χ0) is 39.1. The summed E-state index contributed by atoms with van der Waals surface area (Å²) in [5.74, 6) is -10.9. The summed E-state index contributed by atoms with van der Waals surface area (Å²) < 4.78 is 17.0. The fraction of sp³-hybridized carbons (Fsp3) is 0.233. The molecular formula is C43H37Cl2NO9. The number of hydrogen-bond acceptors (Lipinski definition) is 8. The molecule has 0 spiro atoms. The Labute approximate surface area is 327 Å². The molecule has 5 aromatic carbocycles. The van der Waals surface area contributed by atoms with E-state index in [0.29, 0.717) is 21.7 Å². The maximum absolute atomic E-state index is 14.1. The normalized spacial score (nSPS) is 18.6. The number of carboxylic acids is 1. The van der Waals surface area contributed by atoms with Crippen LogP contribution in [-0.4, -0.2) is 47.0 Å². The molecule has 0 bridgehead atoms. The summed E-state index contributed by atoms with van der Waals surface area (Å²) in [6, 6.07) is 34.2. The van der Waals surface area contributed by atoms with Crippen LogP contribution in [0.25, 0.3) is 10.8 Å². The van der Waals surface area contributed by atoms with E-state index in [9.17, 15) is 29.1 Å². The van der Waals surface area contributed by atoms with Gasteiger partial charge in [0.15, 0.2) is 0 Å². The van der Waals surface area contributed by atoms with Crippen LogP contribution < -0.4 is 5.32 Å². The highest BCUT2D eigenvalue weighted by atomic mass is 35.5. The zero-order valence-corrected chi connectivity index (χ0v) is 31.1. The van der Waals surface area contributed by atoms with E-state index in [1.54, 1.807) is 104 Å². The van der Waals surface area contributed by atoms with Crippen LogP contribution >= 0.6 is 23.2 Å². The molecule has 12 heteroatoms. The Morgan fingerprint density at radius 2 is 1.20 bits per heavy atom. The number of benzene rings is 5. The Hall–Kier alpha value is -5.71. The number of nitrogens with one attached hydrogen (secondary N) is 1. The molecule has 1 aliphatic carbocycles. The lowest BCUT2D eigenvalue weighted by atomic mass is 9.56. The molecule has 55 heavy (non-hydrogen) atoms. The topological polar surface area (TPSA) is 145 Å². The van der Waals surface area contributed by atoms with Crippen molar-refractivity contribution in [2.75, 3.05) is 0 Å². The highest BCUT2D eigenvalue weighted by molar-refractivity contribution is 6.42. The van der Waals surface area contributed by atoms with Gasteiger partial charge in [0.1, 0.15) is 19.3 Å². The highest BCUT2D eigenvalue weighted by Crippen LogP contribution is 2.48. The Morgan fingerprint density at radius 3 is 1.78 bits per heavy atom. The van der Waals surface area contributed by atoms with Gasteiger partial charge in [-0.25, -0.2) is 4.79 Å². The lowest BCUT2D eigenvalue weighted by Crippen LogP contribution is -2.63. The maximum Gasteiger partial charge on any atom is 0.338 e. The molecule has 0 saturated heterocycles. The van der Waals surface area contributed by atoms with E-state index in [-0.39, 0.29) is 30.2 Å². The first-order valence-electron chi connectivity index (χ1n) is 17.6. The van der Waals surface area contributed by atoms with Crippen LogP contribution in [0.3, 0.4) is 0 Å². The van der Waals surface area contributed by atoms with Crippen molar-refractivity contribution in [2.45, 2.75) is 38.7 Å². The standard InChI is InChI=1S/C43H37Cl2NO9/c1-25(34(21-28-16-19-32(44)33(45)20-28)55-41(50)31-18-17-29-14-8-9-15-30(29)22-31)46-39(47)35-36(40(48)49)38(43(52)54-24-27-12-6-3-7-13-27)37(35)42(51)53-23-26-10-4-2-5-11-26/h2-20,22,25,34-38H,21,23-24H2,1H3,(H,46,47)(H,48,49)/t25-,34-,35+,36+,37+,38+/m0/s1. The summed E-state index contributed by atoms with van der Waals surface area (Å²) in [7, 11) is 0. The molecule has 6 atom stereocenters. The molecule has 1 aliphatic rings. The lowest BCUT2D eigenvalue weighted by molar-refractivity contribution is -0.193. The Bertz CT molecular complexity index is 2200. The number of rotatable bonds is 14. The third-order valence-electron chi connectivity index (χ3n) is 9.72. The third kappa shape index (κ3) is 9.33. The van der Waals surface area contributed by atoms with E-state index in [1.807, 2.05) is 24.3 Å². The second kappa shape index (κ2) is 17.6. The minimum Gasteiger partial charge on any atom is -0.481 e. The quantitative estimate of drug-likeness (QED) is 0.0866. The molecule has 0 radical (unpaired) electrons. The fourth-order valence-electron chi connectivity index (χ4n) is 6.77. The summed E-state index contributed by atoms with van der Waals surface area (Å²) in [6.45, 7) is 1.26. The minimum absolute atomic E-state index is 0.0850. The number of carbonyl (C=O) groups is 5. The monoisotopic (exact) mass is 781 g/mol. The number of ether oxygens (including phenoxy) is 3. The van der Waals surface area contributed by atoms with Gasteiger partial charge in [0, 0.05) is 6.42 Å². The summed E-state index contributed by atoms with van der Waals surface area (Å²) >= 11 is 12.4. The van der Waals surface area contributed by atoms with Gasteiger partial charge in [-0.15, -0.1) is 0 Å². The molecule has 1 saturated carbocycles. The highest BCUT2D eigenvalue weighted by Gasteiger charge is 2.65. The van der Waals surface area contributed by atoms with Crippen molar-refractivity contribution >= 4 is 63.8 Å². The summed E-state index contributed by atoms with van der Waals surface area (Å²) in [6.07, 6.45) is -0.916. The van der Waals surface area contributed by atoms with Gasteiger partial charge in [-0.1, -0.05) is 120 Å². The van der Waals surface area contributed by atoms with Crippen LogP contribution in [0.15, 0.2) is 121 Å². The van der Waals surface area contributed by atoms with Gasteiger partial charge in [0.25, 0.3) is 0 Å². The molecular weight excluding hydrogens is 745 g/mol. The van der Waals surface area contributed by atoms with Crippen molar-refractivity contribution in [3.8, 4) is 0 Å². The Balaban J connectivity index is 1.25. The molecule has 282 valence electrons. The van der Waals surface area contributed by atoms with Crippen molar-refractivity contribution in [1.29, 1.82) is 0 Å². The summed E-state index contributed by atoms with van der Waals surface area (Å²) in [5, 5.41) is 15.5. The first-order chi connectivity index (χ1) is 26.5. The number of hydrogen-bond donors (Lipinski definition) is 2. The van der Waals surface area contributed by atoms with E-state index in [4.69, 9.17) is 37.4 Å². The van der Waals surface area contributed by atoms with Crippen molar-refractivity contribution in [3.63, 3.8) is 0 Å². The first-order valence-corrected chi connectivity index (χ1v) is 18.3. The van der Waals surface area contributed by atoms with Crippen LogP contribution in [0.4, 0.5) is 0 Å². The van der Waals surface area contributed by atoms with Gasteiger partial charge in [-0.3, -0.25) is 19.2 Å². The molecule has 1 fully saturated rings. The molecule has 0 heterocycles. The smallest absolute Gasteiger partial charge is 0.338 e. The van der Waals surface area contributed by atoms with Crippen LogP contribution in [0.1, 0.15) is 34.0 Å². The van der Waals surface area contributed by atoms with Crippen LogP contribution in [0.5, 0.6) is 0 Å². The SMILES string of the molecule is C[C@H](NC(=O)[C@@H]1[C@@H](C(=O)O)[C@@H](C(=O)OCc2ccccc2)[C@@H]1C(=O)OCc1ccccc1)[C@H](Cc1ccc(Cl)c(Cl)c1)OC(=O)c1ccc2ccccc2c1. The molecule has 5 aromatic rings. The van der Waals surface area contributed by atoms with E-state index < -0.39 is 65.6 Å². The molecule has 2 N–H and O–H groups in total. The van der Waals surface area contributed by atoms with E-state index in [0.717, 1.165) is 10.8 Å². The molecule has 0 aliphatic heterocycles. The largest absolute Gasteiger partial charge is 0.481 e. The average Bonchev–Trinajstić information content (AvgIpc) is 3.17. The van der Waals surface area contributed by atoms with Crippen molar-refractivity contribution < 1.29 is 43.3 Å². The van der Waals surface area contributed by atoms with Crippen LogP contribution in [0, 0.1) is 23.7 Å². The summed E-state index contributed by atoms with van der Waals surface area (Å²) in [4.78, 5) is 67.6. The number of carbonyl (C=O) groups excluding carboxylic acids is 4.